The average molecular weight is 670 g/mol. The second-order valence-electron chi connectivity index (χ2n) is 18.7. The van der Waals surface area contributed by atoms with Gasteiger partial charge < -0.3 is 25.4 Å². The highest BCUT2D eigenvalue weighted by atomic mass is 16.5. The predicted octanol–water partition coefficient (Wildman–Crippen LogP) is 6.05. The van der Waals surface area contributed by atoms with Crippen molar-refractivity contribution in [1.82, 2.24) is 20.2 Å². The van der Waals surface area contributed by atoms with Gasteiger partial charge in [0.2, 0.25) is 0 Å². The Morgan fingerprint density at radius 1 is 1.12 bits per heavy atom. The number of carbonyl (C=O) groups is 1. The summed E-state index contributed by atoms with van der Waals surface area (Å²) in [5, 5.41) is 34.3. The number of fused-ring (bicyclic) bond motifs is 3. The molecule has 12 atom stereocenters. The maximum absolute atomic E-state index is 13.5. The molecule has 270 valence electrons. The molecule has 2 heterocycles. The molecule has 0 aromatic carbocycles. The summed E-state index contributed by atoms with van der Waals surface area (Å²) < 4.78 is 13.8. The molecule has 3 saturated carbocycles. The van der Waals surface area contributed by atoms with E-state index in [9.17, 15) is 15.0 Å². The summed E-state index contributed by atoms with van der Waals surface area (Å²) in [5.74, 6) is 0.619. The van der Waals surface area contributed by atoms with E-state index in [4.69, 9.17) is 15.2 Å². The summed E-state index contributed by atoms with van der Waals surface area (Å²) in [6.45, 7) is 23.7. The van der Waals surface area contributed by atoms with Gasteiger partial charge in [-0.3, -0.25) is 4.79 Å². The summed E-state index contributed by atoms with van der Waals surface area (Å²) in [6.07, 6.45) is 7.58. The van der Waals surface area contributed by atoms with Gasteiger partial charge in [-0.2, -0.15) is 4.80 Å². The minimum Gasteiger partial charge on any atom is -0.481 e. The number of aromatic nitrogens is 4. The first-order valence-corrected chi connectivity index (χ1v) is 18.6. The van der Waals surface area contributed by atoms with Crippen molar-refractivity contribution in [2.75, 3.05) is 19.8 Å². The van der Waals surface area contributed by atoms with Crippen LogP contribution in [0.4, 0.5) is 0 Å². The number of hydrogen-bond donors (Lipinski definition) is 3. The quantitative estimate of drug-likeness (QED) is 0.267. The zero-order valence-electron chi connectivity index (χ0n) is 31.3. The van der Waals surface area contributed by atoms with Crippen LogP contribution in [0.5, 0.6) is 0 Å². The molecule has 0 unspecified atom stereocenters. The van der Waals surface area contributed by atoms with E-state index in [-0.39, 0.29) is 52.8 Å². The van der Waals surface area contributed by atoms with Crippen LogP contribution in [0.3, 0.4) is 0 Å². The van der Waals surface area contributed by atoms with Crippen LogP contribution < -0.4 is 5.73 Å². The Morgan fingerprint density at radius 2 is 1.83 bits per heavy atom. The number of carboxylic acids is 1. The van der Waals surface area contributed by atoms with E-state index in [1.807, 2.05) is 0 Å². The fraction of sp³-hybridized carbons (Fsp3) is 0.895. The zero-order chi connectivity index (χ0) is 35.2. The molecule has 1 aromatic rings. The first kappa shape index (κ1) is 35.9. The second-order valence-corrected chi connectivity index (χ2v) is 18.7. The fourth-order valence-electron chi connectivity index (χ4n) is 12.0. The maximum atomic E-state index is 13.5. The smallest absolute Gasteiger partial charge is 0.307 e. The molecule has 2 bridgehead atoms. The van der Waals surface area contributed by atoms with Crippen molar-refractivity contribution in [2.45, 2.75) is 132 Å². The van der Waals surface area contributed by atoms with Gasteiger partial charge in [0.25, 0.3) is 0 Å². The third-order valence-electron chi connectivity index (χ3n) is 15.8. The Balaban J connectivity index is 1.51. The average Bonchev–Trinajstić information content (AvgIpc) is 3.49. The Bertz CT molecular complexity index is 1430. The van der Waals surface area contributed by atoms with E-state index >= 15 is 0 Å². The second kappa shape index (κ2) is 11.8. The molecule has 5 aliphatic rings. The number of nitrogens with two attached hydrogens (primary N) is 1. The molecule has 6 rings (SSSR count). The molecule has 0 amide bonds. The van der Waals surface area contributed by atoms with Crippen molar-refractivity contribution >= 4 is 5.97 Å². The molecular weight excluding hydrogens is 606 g/mol. The Kier molecular flexibility index (Phi) is 8.86. The van der Waals surface area contributed by atoms with E-state index in [1.165, 1.54) is 5.57 Å². The highest BCUT2D eigenvalue weighted by Gasteiger charge is 2.73. The lowest BCUT2D eigenvalue weighted by molar-refractivity contribution is -0.255. The molecule has 48 heavy (non-hydrogen) atoms. The van der Waals surface area contributed by atoms with E-state index in [1.54, 1.807) is 4.80 Å². The van der Waals surface area contributed by atoms with E-state index in [0.29, 0.717) is 43.9 Å². The largest absolute Gasteiger partial charge is 0.481 e. The van der Waals surface area contributed by atoms with Gasteiger partial charge in [-0.05, 0) is 102 Å². The predicted molar refractivity (Wildman–Crippen MR) is 184 cm³/mol. The molecule has 10 nitrogen and oxygen atoms in total. The van der Waals surface area contributed by atoms with Crippen LogP contribution in [0.25, 0.3) is 0 Å². The van der Waals surface area contributed by atoms with E-state index < -0.39 is 28.3 Å². The van der Waals surface area contributed by atoms with Crippen LogP contribution >= 0.6 is 0 Å². The minimum absolute atomic E-state index is 0.144. The van der Waals surface area contributed by atoms with Crippen LogP contribution in [0.1, 0.15) is 120 Å². The first-order valence-electron chi connectivity index (χ1n) is 18.6. The third-order valence-corrected chi connectivity index (χ3v) is 15.8. The lowest BCUT2D eigenvalue weighted by Gasteiger charge is -2.71. The number of allylic oxidation sites excluding steroid dienone is 1. The summed E-state index contributed by atoms with van der Waals surface area (Å²) in [6, 6.07) is -0.222. The number of tetrazole rings is 1. The lowest BCUT2D eigenvalue weighted by atomic mass is 9.34. The van der Waals surface area contributed by atoms with Crippen molar-refractivity contribution in [3.8, 4) is 0 Å². The number of ether oxygens (including phenoxy) is 2. The van der Waals surface area contributed by atoms with Gasteiger partial charge >= 0.3 is 5.97 Å². The van der Waals surface area contributed by atoms with Crippen LogP contribution in [0, 0.1) is 62.6 Å². The topological polar surface area (TPSA) is 146 Å². The molecule has 4 fully saturated rings. The van der Waals surface area contributed by atoms with E-state index in [2.05, 4.69) is 90.7 Å². The molecule has 4 aliphatic carbocycles. The SMILES string of the molecule is CC(C)[C@@H](C)[C@@]1(C)CC[C@]2(C)[C@H]3CC[C@@H]4[C@@]5(C)COC[C@@]4(C3=CC[C@@]2(C)[C@@H]1C(=O)O)[C@@H](OC[C@](C)(N)C(C)C)[C@H](n1nnc(CO)n1)C5. The summed E-state index contributed by atoms with van der Waals surface area (Å²) >= 11 is 0. The first-order chi connectivity index (χ1) is 22.3. The number of rotatable bonds is 9. The Labute approximate surface area is 288 Å². The summed E-state index contributed by atoms with van der Waals surface area (Å²) in [7, 11) is 0. The van der Waals surface area contributed by atoms with E-state index in [0.717, 1.165) is 32.1 Å². The van der Waals surface area contributed by atoms with Crippen molar-refractivity contribution < 1.29 is 24.5 Å². The monoisotopic (exact) mass is 669 g/mol. The van der Waals surface area contributed by atoms with Gasteiger partial charge in [0.1, 0.15) is 12.6 Å². The molecule has 10 heteroatoms. The lowest BCUT2D eigenvalue weighted by Crippen LogP contribution is -2.70. The van der Waals surface area contributed by atoms with Crippen LogP contribution in [0.2, 0.25) is 0 Å². The van der Waals surface area contributed by atoms with Crippen molar-refractivity contribution in [3.05, 3.63) is 17.5 Å². The molecule has 1 aromatic heterocycles. The zero-order valence-corrected chi connectivity index (χ0v) is 31.3. The number of nitrogens with zero attached hydrogens (tertiary/aromatic N) is 4. The van der Waals surface area contributed by atoms with Gasteiger partial charge in [-0.15, -0.1) is 10.2 Å². The van der Waals surface area contributed by atoms with Gasteiger partial charge in [-0.1, -0.05) is 74.0 Å². The van der Waals surface area contributed by atoms with Gasteiger partial charge in [-0.25, -0.2) is 0 Å². The number of aliphatic hydroxyl groups is 1. The highest BCUT2D eigenvalue weighted by molar-refractivity contribution is 5.73. The van der Waals surface area contributed by atoms with Crippen LogP contribution in [-0.4, -0.2) is 67.9 Å². The summed E-state index contributed by atoms with van der Waals surface area (Å²) in [5.41, 5.74) is 6.21. The highest BCUT2D eigenvalue weighted by Crippen LogP contribution is 2.75. The van der Waals surface area contributed by atoms with Crippen molar-refractivity contribution in [1.29, 1.82) is 0 Å². The maximum Gasteiger partial charge on any atom is 0.307 e. The normalized spacial score (nSPS) is 44.3. The van der Waals surface area contributed by atoms with Crippen LogP contribution in [-0.2, 0) is 20.9 Å². The standard InChI is InChI=1S/C38H63N5O5/c1-22(2)24(5)34(7)15-16-35(8)25-11-12-28-33(6)17-27(43-41-29(18-44)40-42-43)31(48-20-37(10,39)23(3)4)38(28,21-47-19-33)26(25)13-14-36(35,9)30(34)32(45)46/h13,22-25,27-28,30-31,44H,11-12,14-21,39H2,1-10H3,(H,45,46)/t24-,25+,27-,28-,30-,31+,33-,34-,35-,36+,37+,38+/m1/s1. The molecule has 0 radical (unpaired) electrons. The number of aliphatic hydroxyl groups excluding tert-OH is 1. The molecule has 1 aliphatic heterocycles. The fourth-order valence-corrected chi connectivity index (χ4v) is 12.0. The molecule has 4 N–H and O–H groups in total. The number of aliphatic carboxylic acids is 1. The van der Waals surface area contributed by atoms with Crippen molar-refractivity contribution in [2.24, 2.45) is 68.3 Å². The molecule has 0 spiro atoms. The van der Waals surface area contributed by atoms with Crippen molar-refractivity contribution in [3.63, 3.8) is 0 Å². The Morgan fingerprint density at radius 3 is 2.44 bits per heavy atom. The Hall–Kier alpha value is -1.88. The third kappa shape index (κ3) is 4.92. The summed E-state index contributed by atoms with van der Waals surface area (Å²) in [4.78, 5) is 15.2. The van der Waals surface area contributed by atoms with Gasteiger partial charge in [0.05, 0.1) is 31.8 Å². The molecular formula is C38H63N5O5. The minimum atomic E-state index is -0.650. The van der Waals surface area contributed by atoms with Gasteiger partial charge in [0, 0.05) is 11.0 Å². The molecule has 1 saturated heterocycles. The van der Waals surface area contributed by atoms with Crippen LogP contribution in [0.15, 0.2) is 11.6 Å². The number of hydrogen-bond acceptors (Lipinski definition) is 8. The van der Waals surface area contributed by atoms with Gasteiger partial charge in [0.15, 0.2) is 5.82 Å². The number of carboxylic acid groups (broad SMARTS) is 1.